The van der Waals surface area contributed by atoms with Gasteiger partial charge in [0.15, 0.2) is 18.1 Å². The van der Waals surface area contributed by atoms with Gasteiger partial charge in [-0.2, -0.15) is 5.26 Å². The smallest absolute Gasteiger partial charge is 0.174 e. The van der Waals surface area contributed by atoms with Crippen LogP contribution in [-0.2, 0) is 6.54 Å². The van der Waals surface area contributed by atoms with Crippen LogP contribution in [0.5, 0.6) is 17.2 Å². The Kier molecular flexibility index (Phi) is 4.30. The summed E-state index contributed by atoms with van der Waals surface area (Å²) in [4.78, 5) is 0. The molecule has 0 atom stereocenters. The van der Waals surface area contributed by atoms with Gasteiger partial charge in [-0.3, -0.25) is 0 Å². The second-order valence-corrected chi connectivity index (χ2v) is 4.15. The zero-order valence-electron chi connectivity index (χ0n) is 10.7. The molecule has 0 aliphatic carbocycles. The van der Waals surface area contributed by atoms with Crippen molar-refractivity contribution in [1.82, 2.24) is 0 Å². The molecule has 0 radical (unpaired) electrons. The summed E-state index contributed by atoms with van der Waals surface area (Å²) in [5, 5.41) is 30.2. The Labute approximate surface area is 116 Å². The predicted molar refractivity (Wildman–Crippen MR) is 74.6 cm³/mol. The molecular formula is C15H14N2O3. The van der Waals surface area contributed by atoms with E-state index in [1.54, 1.807) is 18.2 Å². The summed E-state index contributed by atoms with van der Waals surface area (Å²) in [6.07, 6.45) is 0. The van der Waals surface area contributed by atoms with Gasteiger partial charge in [-0.15, -0.1) is 0 Å². The van der Waals surface area contributed by atoms with Crippen LogP contribution in [0.15, 0.2) is 42.5 Å². The minimum atomic E-state index is -0.135. The van der Waals surface area contributed by atoms with E-state index in [0.717, 1.165) is 11.3 Å². The van der Waals surface area contributed by atoms with Crippen LogP contribution in [-0.4, -0.2) is 16.8 Å². The Morgan fingerprint density at radius 2 is 1.80 bits per heavy atom. The molecule has 0 amide bonds. The standard InChI is InChI=1S/C15H14N2O3/c16-7-8-20-13-4-2-12(3-5-13)17-10-11-1-6-14(18)15(19)9-11/h1-6,9,17-19H,8,10H2. The highest BCUT2D eigenvalue weighted by molar-refractivity contribution is 5.48. The first-order chi connectivity index (χ1) is 9.69. The van der Waals surface area contributed by atoms with Crippen LogP contribution in [0.4, 0.5) is 5.69 Å². The number of nitriles is 1. The van der Waals surface area contributed by atoms with Gasteiger partial charge in [0.1, 0.15) is 11.8 Å². The Bertz CT molecular complexity index is 618. The summed E-state index contributed by atoms with van der Waals surface area (Å²) in [7, 11) is 0. The van der Waals surface area contributed by atoms with E-state index in [1.165, 1.54) is 12.1 Å². The number of anilines is 1. The van der Waals surface area contributed by atoms with Crippen LogP contribution in [0, 0.1) is 11.3 Å². The topological polar surface area (TPSA) is 85.5 Å². The van der Waals surface area contributed by atoms with Crippen molar-refractivity contribution in [2.75, 3.05) is 11.9 Å². The van der Waals surface area contributed by atoms with Gasteiger partial charge in [0.2, 0.25) is 0 Å². The Morgan fingerprint density at radius 3 is 2.45 bits per heavy atom. The summed E-state index contributed by atoms with van der Waals surface area (Å²) >= 11 is 0. The molecule has 102 valence electrons. The van der Waals surface area contributed by atoms with E-state index in [9.17, 15) is 10.2 Å². The Hall–Kier alpha value is -2.87. The SMILES string of the molecule is N#CCOc1ccc(NCc2ccc(O)c(O)c2)cc1. The Morgan fingerprint density at radius 1 is 1.05 bits per heavy atom. The van der Waals surface area contributed by atoms with Crippen LogP contribution in [0.1, 0.15) is 5.56 Å². The van der Waals surface area contributed by atoms with Gasteiger partial charge in [-0.1, -0.05) is 6.07 Å². The number of ether oxygens (including phenoxy) is 1. The van der Waals surface area contributed by atoms with E-state index in [4.69, 9.17) is 10.00 Å². The maximum atomic E-state index is 9.40. The van der Waals surface area contributed by atoms with Crippen molar-refractivity contribution < 1.29 is 14.9 Å². The van der Waals surface area contributed by atoms with Gasteiger partial charge in [0, 0.05) is 12.2 Å². The molecule has 5 nitrogen and oxygen atoms in total. The van der Waals surface area contributed by atoms with Crippen LogP contribution >= 0.6 is 0 Å². The van der Waals surface area contributed by atoms with Crippen molar-refractivity contribution in [2.45, 2.75) is 6.54 Å². The fourth-order valence-electron chi connectivity index (χ4n) is 1.67. The molecule has 0 heterocycles. The van der Waals surface area contributed by atoms with Crippen molar-refractivity contribution in [1.29, 1.82) is 5.26 Å². The molecule has 20 heavy (non-hydrogen) atoms. The van der Waals surface area contributed by atoms with E-state index >= 15 is 0 Å². The van der Waals surface area contributed by atoms with E-state index in [-0.39, 0.29) is 18.1 Å². The van der Waals surface area contributed by atoms with E-state index < -0.39 is 0 Å². The van der Waals surface area contributed by atoms with Crippen LogP contribution in [0.25, 0.3) is 0 Å². The van der Waals surface area contributed by atoms with E-state index in [1.807, 2.05) is 18.2 Å². The molecule has 2 rings (SSSR count). The number of rotatable bonds is 5. The molecule has 0 saturated carbocycles. The fraction of sp³-hybridized carbons (Fsp3) is 0.133. The minimum Gasteiger partial charge on any atom is -0.504 e. The zero-order chi connectivity index (χ0) is 14.4. The third-order valence-electron chi connectivity index (χ3n) is 2.69. The number of nitrogens with zero attached hydrogens (tertiary/aromatic N) is 1. The molecule has 3 N–H and O–H groups in total. The maximum absolute atomic E-state index is 9.40. The second kappa shape index (κ2) is 6.34. The van der Waals surface area contributed by atoms with Gasteiger partial charge < -0.3 is 20.3 Å². The first kappa shape index (κ1) is 13.6. The van der Waals surface area contributed by atoms with Crippen molar-refractivity contribution >= 4 is 5.69 Å². The lowest BCUT2D eigenvalue weighted by molar-refractivity contribution is 0.368. The van der Waals surface area contributed by atoms with Crippen LogP contribution in [0.3, 0.4) is 0 Å². The minimum absolute atomic E-state index is 0.0273. The van der Waals surface area contributed by atoms with Crippen molar-refractivity contribution in [3.63, 3.8) is 0 Å². The number of benzene rings is 2. The van der Waals surface area contributed by atoms with Gasteiger partial charge in [-0.25, -0.2) is 0 Å². The highest BCUT2D eigenvalue weighted by Crippen LogP contribution is 2.25. The molecule has 0 bridgehead atoms. The lowest BCUT2D eigenvalue weighted by Gasteiger charge is -2.08. The molecule has 0 spiro atoms. The first-order valence-corrected chi connectivity index (χ1v) is 6.03. The zero-order valence-corrected chi connectivity index (χ0v) is 10.7. The third kappa shape index (κ3) is 3.56. The quantitative estimate of drug-likeness (QED) is 0.727. The number of phenols is 2. The van der Waals surface area contributed by atoms with Crippen LogP contribution < -0.4 is 10.1 Å². The predicted octanol–water partition coefficient (Wildman–Crippen LogP) is 2.61. The van der Waals surface area contributed by atoms with Gasteiger partial charge in [-0.05, 0) is 42.0 Å². The summed E-state index contributed by atoms with van der Waals surface area (Å²) in [5.74, 6) is 0.372. The van der Waals surface area contributed by atoms with E-state index in [0.29, 0.717) is 12.3 Å². The molecule has 0 aromatic heterocycles. The second-order valence-electron chi connectivity index (χ2n) is 4.15. The molecule has 0 aliphatic heterocycles. The largest absolute Gasteiger partial charge is 0.504 e. The fourth-order valence-corrected chi connectivity index (χ4v) is 1.67. The molecule has 5 heteroatoms. The monoisotopic (exact) mass is 270 g/mol. The summed E-state index contributed by atoms with van der Waals surface area (Å²) in [5.41, 5.74) is 1.74. The number of phenolic OH excluding ortho intramolecular Hbond substituents is 2. The lowest BCUT2D eigenvalue weighted by Crippen LogP contribution is -1.99. The first-order valence-electron chi connectivity index (χ1n) is 6.03. The molecule has 2 aromatic carbocycles. The maximum Gasteiger partial charge on any atom is 0.174 e. The number of hydrogen-bond acceptors (Lipinski definition) is 5. The molecule has 0 aliphatic rings. The van der Waals surface area contributed by atoms with Crippen LogP contribution in [0.2, 0.25) is 0 Å². The van der Waals surface area contributed by atoms with Crippen molar-refractivity contribution in [3.05, 3.63) is 48.0 Å². The summed E-state index contributed by atoms with van der Waals surface area (Å²) < 4.78 is 5.15. The van der Waals surface area contributed by atoms with E-state index in [2.05, 4.69) is 5.32 Å². The third-order valence-corrected chi connectivity index (χ3v) is 2.69. The average molecular weight is 270 g/mol. The molecule has 0 fully saturated rings. The highest BCUT2D eigenvalue weighted by Gasteiger charge is 2.01. The van der Waals surface area contributed by atoms with Gasteiger partial charge >= 0.3 is 0 Å². The molecule has 0 saturated heterocycles. The van der Waals surface area contributed by atoms with Gasteiger partial charge in [0.25, 0.3) is 0 Å². The van der Waals surface area contributed by atoms with Gasteiger partial charge in [0.05, 0.1) is 0 Å². The summed E-state index contributed by atoms with van der Waals surface area (Å²) in [6.45, 7) is 0.547. The number of aromatic hydroxyl groups is 2. The highest BCUT2D eigenvalue weighted by atomic mass is 16.5. The molecule has 0 unspecified atom stereocenters. The lowest BCUT2D eigenvalue weighted by atomic mass is 10.2. The molecular weight excluding hydrogens is 256 g/mol. The normalized spacial score (nSPS) is 9.75. The number of hydrogen-bond donors (Lipinski definition) is 3. The number of nitrogens with one attached hydrogen (secondary N) is 1. The Balaban J connectivity index is 1.93. The average Bonchev–Trinajstić information content (AvgIpc) is 2.47. The summed E-state index contributed by atoms with van der Waals surface area (Å²) in [6, 6.07) is 13.8. The van der Waals surface area contributed by atoms with Crippen molar-refractivity contribution in [2.24, 2.45) is 0 Å². The van der Waals surface area contributed by atoms with Crippen molar-refractivity contribution in [3.8, 4) is 23.3 Å². The molecule has 2 aromatic rings.